The van der Waals surface area contributed by atoms with Gasteiger partial charge in [-0.15, -0.1) is 0 Å². The number of hydrogen-bond acceptors (Lipinski definition) is 1. The maximum atomic E-state index is 4.69. The third-order valence-corrected chi connectivity index (χ3v) is 3.99. The van der Waals surface area contributed by atoms with E-state index in [4.69, 9.17) is 4.74 Å². The van der Waals surface area contributed by atoms with Gasteiger partial charge in [-0.1, -0.05) is 120 Å². The van der Waals surface area contributed by atoms with Crippen LogP contribution in [0.2, 0.25) is 0 Å². The van der Waals surface area contributed by atoms with Gasteiger partial charge in [0.15, 0.2) is 0 Å². The summed E-state index contributed by atoms with van der Waals surface area (Å²) in [5.41, 5.74) is 0.583. The zero-order chi connectivity index (χ0) is 19.0. The molecule has 0 aliphatic rings. The zero-order valence-electron chi connectivity index (χ0n) is 18.7. The summed E-state index contributed by atoms with van der Waals surface area (Å²) in [6.07, 6.45) is 13.3. The molecule has 0 N–H and O–H groups in total. The standard InChI is InChI=1S/C7H16.C6H14.C5H12.C4H10O/c1-5-7(3,4)6-2;1-3-5-6-4-2;1-3-5-4-2;1-3-4-5-2/h5-6H2,1-4H3;3-6H2,1-2H3;3-5H2,1-2H3;3-4H2,1-2H3. The largest absolute Gasteiger partial charge is 0.385 e. The number of unbranched alkanes of at least 4 members (excludes halogenated alkanes) is 5. The van der Waals surface area contributed by atoms with E-state index < -0.39 is 0 Å². The molecule has 0 aromatic heterocycles. The normalized spacial score (nSPS) is 9.65. The van der Waals surface area contributed by atoms with Gasteiger partial charge in [0.05, 0.1) is 0 Å². The van der Waals surface area contributed by atoms with Gasteiger partial charge in [-0.3, -0.25) is 0 Å². The van der Waals surface area contributed by atoms with Crippen molar-refractivity contribution in [1.29, 1.82) is 0 Å². The first kappa shape index (κ1) is 30.8. The van der Waals surface area contributed by atoms with Crippen LogP contribution in [-0.2, 0) is 4.74 Å². The Morgan fingerprint density at radius 1 is 0.565 bits per heavy atom. The molecule has 1 nitrogen and oxygen atoms in total. The van der Waals surface area contributed by atoms with Crippen LogP contribution in [0, 0.1) is 5.41 Å². The smallest absolute Gasteiger partial charge is 0.0459 e. The Morgan fingerprint density at radius 3 is 0.957 bits per heavy atom. The zero-order valence-corrected chi connectivity index (χ0v) is 18.7. The number of methoxy groups -OCH3 is 1. The summed E-state index contributed by atoms with van der Waals surface area (Å²) in [5.74, 6) is 0. The molecule has 0 saturated carbocycles. The molecule has 0 atom stereocenters. The van der Waals surface area contributed by atoms with Gasteiger partial charge in [0.2, 0.25) is 0 Å². The highest BCUT2D eigenvalue weighted by Crippen LogP contribution is 2.22. The molecule has 0 aromatic carbocycles. The molecular formula is C22H52O. The molecule has 0 saturated heterocycles. The van der Waals surface area contributed by atoms with E-state index in [1.54, 1.807) is 7.11 Å². The monoisotopic (exact) mass is 332 g/mol. The lowest BCUT2D eigenvalue weighted by Gasteiger charge is -2.18. The Morgan fingerprint density at radius 2 is 0.913 bits per heavy atom. The van der Waals surface area contributed by atoms with Crippen molar-refractivity contribution < 1.29 is 4.74 Å². The molecule has 0 spiro atoms. The average molecular weight is 333 g/mol. The van der Waals surface area contributed by atoms with Crippen LogP contribution in [0.5, 0.6) is 0 Å². The van der Waals surface area contributed by atoms with Gasteiger partial charge in [-0.2, -0.15) is 0 Å². The van der Waals surface area contributed by atoms with Crippen molar-refractivity contribution >= 4 is 0 Å². The van der Waals surface area contributed by atoms with Crippen molar-refractivity contribution in [3.8, 4) is 0 Å². The second kappa shape index (κ2) is 29.9. The third-order valence-electron chi connectivity index (χ3n) is 3.99. The molecule has 0 fully saturated rings. The Labute approximate surface area is 151 Å². The summed E-state index contributed by atoms with van der Waals surface area (Å²) >= 11 is 0. The Balaban J connectivity index is -0.000000106. The first-order chi connectivity index (χ1) is 10.9. The first-order valence-electron chi connectivity index (χ1n) is 10.4. The van der Waals surface area contributed by atoms with Crippen molar-refractivity contribution in [3.63, 3.8) is 0 Å². The molecular weight excluding hydrogens is 280 g/mol. The van der Waals surface area contributed by atoms with Gasteiger partial charge in [-0.25, -0.2) is 0 Å². The molecule has 0 aliphatic carbocycles. The van der Waals surface area contributed by atoms with Crippen molar-refractivity contribution in [1.82, 2.24) is 0 Å². The van der Waals surface area contributed by atoms with E-state index in [9.17, 15) is 0 Å². The van der Waals surface area contributed by atoms with Crippen LogP contribution in [0.4, 0.5) is 0 Å². The lowest BCUT2D eigenvalue weighted by Crippen LogP contribution is -2.05. The molecule has 1 heteroatoms. The van der Waals surface area contributed by atoms with E-state index in [2.05, 4.69) is 62.3 Å². The molecule has 0 rings (SSSR count). The number of rotatable bonds is 9. The maximum Gasteiger partial charge on any atom is 0.0459 e. The van der Waals surface area contributed by atoms with Crippen LogP contribution < -0.4 is 0 Å². The summed E-state index contributed by atoms with van der Waals surface area (Å²) in [5, 5.41) is 0. The molecule has 0 bridgehead atoms. The predicted octanol–water partition coefficient (Wildman–Crippen LogP) is 8.66. The fraction of sp³-hybridized carbons (Fsp3) is 1.00. The highest BCUT2D eigenvalue weighted by Gasteiger charge is 2.09. The summed E-state index contributed by atoms with van der Waals surface area (Å²) < 4.78 is 4.69. The number of hydrogen-bond donors (Lipinski definition) is 0. The molecule has 146 valence electrons. The van der Waals surface area contributed by atoms with Crippen molar-refractivity contribution in [3.05, 3.63) is 0 Å². The Bertz CT molecular complexity index is 132. The van der Waals surface area contributed by atoms with Gasteiger partial charge < -0.3 is 4.74 Å². The van der Waals surface area contributed by atoms with E-state index in [1.807, 2.05) is 0 Å². The summed E-state index contributed by atoms with van der Waals surface area (Å²) in [6, 6.07) is 0. The topological polar surface area (TPSA) is 9.23 Å². The van der Waals surface area contributed by atoms with Crippen molar-refractivity contribution in [2.75, 3.05) is 13.7 Å². The van der Waals surface area contributed by atoms with Crippen LogP contribution in [0.1, 0.15) is 127 Å². The lowest BCUT2D eigenvalue weighted by molar-refractivity contribution is 0.199. The first-order valence-corrected chi connectivity index (χ1v) is 10.4. The number of ether oxygens (including phenoxy) is 1. The quantitative estimate of drug-likeness (QED) is 0.384. The van der Waals surface area contributed by atoms with E-state index >= 15 is 0 Å². The SMILES string of the molecule is CCC(C)(C)CC.CCCCC.CCCCCC.CCCOC. The average Bonchev–Trinajstić information content (AvgIpc) is 2.56. The third kappa shape index (κ3) is 52.1. The van der Waals surface area contributed by atoms with Gasteiger partial charge in [-0.05, 0) is 11.8 Å². The van der Waals surface area contributed by atoms with Crippen LogP contribution in [0.15, 0.2) is 0 Å². The van der Waals surface area contributed by atoms with Gasteiger partial charge in [0.1, 0.15) is 0 Å². The lowest BCUT2D eigenvalue weighted by atomic mass is 9.88. The van der Waals surface area contributed by atoms with E-state index in [1.165, 1.54) is 57.8 Å². The molecule has 0 amide bonds. The summed E-state index contributed by atoms with van der Waals surface area (Å²) in [7, 11) is 1.71. The van der Waals surface area contributed by atoms with Crippen LogP contribution in [-0.4, -0.2) is 13.7 Å². The van der Waals surface area contributed by atoms with E-state index in [0.717, 1.165) is 13.0 Å². The molecule has 23 heavy (non-hydrogen) atoms. The maximum absolute atomic E-state index is 4.69. The Kier molecular flexibility index (Phi) is 40.1. The van der Waals surface area contributed by atoms with Crippen molar-refractivity contribution in [2.45, 2.75) is 127 Å². The fourth-order valence-electron chi connectivity index (χ4n) is 1.31. The van der Waals surface area contributed by atoms with Gasteiger partial charge in [0.25, 0.3) is 0 Å². The van der Waals surface area contributed by atoms with Gasteiger partial charge in [0, 0.05) is 13.7 Å². The summed E-state index contributed by atoms with van der Waals surface area (Å²) in [4.78, 5) is 0. The highest BCUT2D eigenvalue weighted by molar-refractivity contribution is 4.61. The van der Waals surface area contributed by atoms with Crippen LogP contribution in [0.3, 0.4) is 0 Å². The second-order valence-electron chi connectivity index (χ2n) is 6.92. The molecule has 0 radical (unpaired) electrons. The Hall–Kier alpha value is -0.0400. The minimum atomic E-state index is 0.583. The fourth-order valence-corrected chi connectivity index (χ4v) is 1.31. The summed E-state index contributed by atoms with van der Waals surface area (Å²) in [6.45, 7) is 20.9. The second-order valence-corrected chi connectivity index (χ2v) is 6.92. The van der Waals surface area contributed by atoms with Gasteiger partial charge >= 0.3 is 0 Å². The minimum Gasteiger partial charge on any atom is -0.385 e. The van der Waals surface area contributed by atoms with Crippen LogP contribution in [0.25, 0.3) is 0 Å². The van der Waals surface area contributed by atoms with Crippen LogP contribution >= 0.6 is 0 Å². The molecule has 0 aliphatic heterocycles. The van der Waals surface area contributed by atoms with E-state index in [-0.39, 0.29) is 0 Å². The minimum absolute atomic E-state index is 0.583. The molecule has 0 unspecified atom stereocenters. The van der Waals surface area contributed by atoms with E-state index in [0.29, 0.717) is 5.41 Å². The van der Waals surface area contributed by atoms with Crippen molar-refractivity contribution in [2.24, 2.45) is 5.41 Å². The predicted molar refractivity (Wildman–Crippen MR) is 112 cm³/mol. The molecule has 0 aromatic rings. The molecule has 0 heterocycles. The highest BCUT2D eigenvalue weighted by atomic mass is 16.5.